The summed E-state index contributed by atoms with van der Waals surface area (Å²) in [5.41, 5.74) is 1.63. The number of benzene rings is 2. The van der Waals surface area contributed by atoms with Gasteiger partial charge in [0, 0.05) is 24.4 Å². The van der Waals surface area contributed by atoms with Gasteiger partial charge in [-0.1, -0.05) is 18.2 Å². The Morgan fingerprint density at radius 2 is 2.04 bits per heavy atom. The smallest absolute Gasteiger partial charge is 0.284 e. The van der Waals surface area contributed by atoms with E-state index < -0.39 is 10.8 Å². The number of aromatic nitrogens is 3. The number of hydrogen-bond donors (Lipinski definition) is 1. The molecule has 3 rings (SSSR count). The second kappa shape index (κ2) is 7.36. The molecule has 0 fully saturated rings. The van der Waals surface area contributed by atoms with Crippen LogP contribution in [0.15, 0.2) is 58.8 Å². The van der Waals surface area contributed by atoms with Crippen molar-refractivity contribution >= 4 is 29.0 Å². The Balaban J connectivity index is 1.88. The highest BCUT2D eigenvalue weighted by atomic mass is 32.2. The highest BCUT2D eigenvalue weighted by Crippen LogP contribution is 2.34. The normalized spacial score (nSPS) is 10.5. The fraction of sp³-hybridized carbons (Fsp3) is 0.118. The molecule has 0 atom stereocenters. The van der Waals surface area contributed by atoms with Gasteiger partial charge in [0.1, 0.15) is 6.33 Å². The standard InChI is InChI=1S/C17H15N5O3S/c1-11-5-3-4-6-13(11)19-16(23)12-7-8-15(14(9-12)22(24)25)26-17-20-18-10-21(17)2/h3-10H,1-2H3,(H,19,23). The maximum absolute atomic E-state index is 12.5. The predicted octanol–water partition coefficient (Wildman–Crippen LogP) is 3.44. The summed E-state index contributed by atoms with van der Waals surface area (Å²) in [5.74, 6) is -0.405. The number of amides is 1. The number of nitrogens with zero attached hydrogens (tertiary/aromatic N) is 4. The lowest BCUT2D eigenvalue weighted by atomic mass is 10.1. The molecule has 0 radical (unpaired) electrons. The van der Waals surface area contributed by atoms with E-state index in [1.54, 1.807) is 29.8 Å². The SMILES string of the molecule is Cc1ccccc1NC(=O)c1ccc(Sc2nncn2C)c([N+](=O)[O-])c1. The molecule has 0 saturated heterocycles. The third-order valence-electron chi connectivity index (χ3n) is 3.68. The van der Waals surface area contributed by atoms with Crippen LogP contribution in [0.2, 0.25) is 0 Å². The molecule has 1 amide bonds. The van der Waals surface area contributed by atoms with Gasteiger partial charge in [-0.25, -0.2) is 0 Å². The van der Waals surface area contributed by atoms with Crippen molar-refractivity contribution in [1.29, 1.82) is 0 Å². The summed E-state index contributed by atoms with van der Waals surface area (Å²) < 4.78 is 1.66. The first kappa shape index (κ1) is 17.6. The Morgan fingerprint density at radius 3 is 2.69 bits per heavy atom. The lowest BCUT2D eigenvalue weighted by Crippen LogP contribution is -2.13. The molecule has 26 heavy (non-hydrogen) atoms. The van der Waals surface area contributed by atoms with Crippen molar-refractivity contribution in [3.8, 4) is 0 Å². The average Bonchev–Trinajstić information content (AvgIpc) is 3.02. The van der Waals surface area contributed by atoms with Crippen molar-refractivity contribution in [2.75, 3.05) is 5.32 Å². The molecule has 1 heterocycles. The first-order valence-electron chi connectivity index (χ1n) is 7.63. The number of carbonyl (C=O) groups is 1. The summed E-state index contributed by atoms with van der Waals surface area (Å²) in [6.07, 6.45) is 1.51. The Labute approximate surface area is 153 Å². The molecule has 0 aliphatic rings. The number of carbonyl (C=O) groups excluding carboxylic acids is 1. The molecule has 0 spiro atoms. The van der Waals surface area contributed by atoms with Gasteiger partial charge in [0.15, 0.2) is 5.16 Å². The van der Waals surface area contributed by atoms with E-state index in [4.69, 9.17) is 0 Å². The fourth-order valence-corrected chi connectivity index (χ4v) is 3.11. The Bertz CT molecular complexity index is 986. The molecule has 3 aromatic rings. The number of nitro benzene ring substituents is 1. The van der Waals surface area contributed by atoms with Crippen molar-refractivity contribution in [1.82, 2.24) is 14.8 Å². The largest absolute Gasteiger partial charge is 0.322 e. The number of hydrogen-bond acceptors (Lipinski definition) is 6. The summed E-state index contributed by atoms with van der Waals surface area (Å²) >= 11 is 1.12. The lowest BCUT2D eigenvalue weighted by Gasteiger charge is -2.09. The molecule has 0 bridgehead atoms. The quantitative estimate of drug-likeness (QED) is 0.546. The predicted molar refractivity (Wildman–Crippen MR) is 97.4 cm³/mol. The summed E-state index contributed by atoms with van der Waals surface area (Å²) in [7, 11) is 1.75. The summed E-state index contributed by atoms with van der Waals surface area (Å²) in [6.45, 7) is 1.87. The van der Waals surface area contributed by atoms with Crippen LogP contribution in [0.5, 0.6) is 0 Å². The van der Waals surface area contributed by atoms with E-state index in [0.29, 0.717) is 15.7 Å². The van der Waals surface area contributed by atoms with E-state index in [0.717, 1.165) is 17.3 Å². The molecular formula is C17H15N5O3S. The average molecular weight is 369 g/mol. The van der Waals surface area contributed by atoms with Gasteiger partial charge in [0.25, 0.3) is 11.6 Å². The van der Waals surface area contributed by atoms with Crippen molar-refractivity contribution in [3.63, 3.8) is 0 Å². The molecular weight excluding hydrogens is 354 g/mol. The maximum Gasteiger partial charge on any atom is 0.284 e. The molecule has 0 aliphatic heterocycles. The zero-order chi connectivity index (χ0) is 18.7. The van der Waals surface area contributed by atoms with Gasteiger partial charge in [-0.2, -0.15) is 0 Å². The van der Waals surface area contributed by atoms with E-state index in [1.165, 1.54) is 12.4 Å². The third-order valence-corrected chi connectivity index (χ3v) is 4.80. The zero-order valence-corrected chi connectivity index (χ0v) is 14.9. The van der Waals surface area contributed by atoms with Crippen LogP contribution in [0, 0.1) is 17.0 Å². The van der Waals surface area contributed by atoms with Crippen LogP contribution < -0.4 is 5.32 Å². The molecule has 0 saturated carbocycles. The summed E-state index contributed by atoms with van der Waals surface area (Å²) in [6, 6.07) is 11.7. The third kappa shape index (κ3) is 3.72. The number of anilines is 1. The van der Waals surface area contributed by atoms with Gasteiger partial charge >= 0.3 is 0 Å². The van der Waals surface area contributed by atoms with Crippen LogP contribution in [0.4, 0.5) is 11.4 Å². The lowest BCUT2D eigenvalue weighted by molar-refractivity contribution is -0.387. The van der Waals surface area contributed by atoms with Crippen molar-refractivity contribution < 1.29 is 9.72 Å². The number of para-hydroxylation sites is 1. The summed E-state index contributed by atoms with van der Waals surface area (Å²) in [4.78, 5) is 23.8. The van der Waals surface area contributed by atoms with Gasteiger partial charge < -0.3 is 9.88 Å². The zero-order valence-electron chi connectivity index (χ0n) is 14.0. The highest BCUT2D eigenvalue weighted by molar-refractivity contribution is 7.99. The minimum atomic E-state index is -0.511. The Hall–Kier alpha value is -3.20. The van der Waals surface area contributed by atoms with Crippen molar-refractivity contribution in [2.45, 2.75) is 17.0 Å². The molecule has 1 aromatic heterocycles. The van der Waals surface area contributed by atoms with E-state index in [-0.39, 0.29) is 11.3 Å². The van der Waals surface area contributed by atoms with Gasteiger partial charge in [-0.15, -0.1) is 10.2 Å². The van der Waals surface area contributed by atoms with Crippen LogP contribution >= 0.6 is 11.8 Å². The second-order valence-corrected chi connectivity index (χ2v) is 6.54. The van der Waals surface area contributed by atoms with Gasteiger partial charge in [-0.3, -0.25) is 14.9 Å². The Kier molecular flexibility index (Phi) is 4.99. The molecule has 8 nitrogen and oxygen atoms in total. The first-order valence-corrected chi connectivity index (χ1v) is 8.44. The van der Waals surface area contributed by atoms with E-state index >= 15 is 0 Å². The first-order chi connectivity index (χ1) is 12.5. The molecule has 2 aromatic carbocycles. The van der Waals surface area contributed by atoms with Crippen LogP contribution in [-0.2, 0) is 7.05 Å². The van der Waals surface area contributed by atoms with Crippen molar-refractivity contribution in [3.05, 3.63) is 70.0 Å². The monoisotopic (exact) mass is 369 g/mol. The fourth-order valence-electron chi connectivity index (χ4n) is 2.26. The molecule has 132 valence electrons. The topological polar surface area (TPSA) is 103 Å². The number of rotatable bonds is 5. The second-order valence-electron chi connectivity index (χ2n) is 5.54. The maximum atomic E-state index is 12.5. The number of aryl methyl sites for hydroxylation is 2. The molecule has 9 heteroatoms. The van der Waals surface area contributed by atoms with Gasteiger partial charge in [0.2, 0.25) is 0 Å². The minimum Gasteiger partial charge on any atom is -0.322 e. The van der Waals surface area contributed by atoms with Crippen LogP contribution in [0.3, 0.4) is 0 Å². The minimum absolute atomic E-state index is 0.157. The van der Waals surface area contributed by atoms with Gasteiger partial charge in [-0.05, 0) is 42.4 Å². The molecule has 1 N–H and O–H groups in total. The molecule has 0 aliphatic carbocycles. The van der Waals surface area contributed by atoms with Crippen LogP contribution in [0.25, 0.3) is 0 Å². The highest BCUT2D eigenvalue weighted by Gasteiger charge is 2.20. The van der Waals surface area contributed by atoms with Crippen LogP contribution in [-0.4, -0.2) is 25.6 Å². The molecule has 0 unspecified atom stereocenters. The summed E-state index contributed by atoms with van der Waals surface area (Å²) in [5, 5.41) is 22.4. The number of nitro groups is 1. The number of nitrogens with one attached hydrogen (secondary N) is 1. The van der Waals surface area contributed by atoms with E-state index in [9.17, 15) is 14.9 Å². The van der Waals surface area contributed by atoms with Crippen LogP contribution in [0.1, 0.15) is 15.9 Å². The van der Waals surface area contributed by atoms with E-state index in [2.05, 4.69) is 15.5 Å². The van der Waals surface area contributed by atoms with E-state index in [1.807, 2.05) is 25.1 Å². The Morgan fingerprint density at radius 1 is 1.27 bits per heavy atom. The van der Waals surface area contributed by atoms with Gasteiger partial charge in [0.05, 0.1) is 9.82 Å². The van der Waals surface area contributed by atoms with Crippen molar-refractivity contribution in [2.24, 2.45) is 7.05 Å².